The van der Waals surface area contributed by atoms with Gasteiger partial charge in [-0.15, -0.1) is 0 Å². The van der Waals surface area contributed by atoms with Gasteiger partial charge < -0.3 is 15.4 Å². The molecule has 1 saturated heterocycles. The highest BCUT2D eigenvalue weighted by Crippen LogP contribution is 2.33. The van der Waals surface area contributed by atoms with Gasteiger partial charge in [0.25, 0.3) is 0 Å². The Balaban J connectivity index is 1.84. The average molecular weight is 396 g/mol. The Hall–Kier alpha value is -1.60. The Morgan fingerprint density at radius 2 is 1.93 bits per heavy atom. The number of hydrogen-bond donors (Lipinski definition) is 2. The van der Waals surface area contributed by atoms with Crippen LogP contribution < -0.4 is 10.6 Å². The highest BCUT2D eigenvalue weighted by molar-refractivity contribution is 7.91. The van der Waals surface area contributed by atoms with E-state index in [1.165, 1.54) is 0 Å². The average Bonchev–Trinajstić information content (AvgIpc) is 2.64. The lowest BCUT2D eigenvalue weighted by Crippen LogP contribution is -2.48. The number of guanidine groups is 1. The van der Waals surface area contributed by atoms with Crippen LogP contribution in [0.2, 0.25) is 0 Å². The summed E-state index contributed by atoms with van der Waals surface area (Å²) in [5.74, 6) is 1.05. The second-order valence-electron chi connectivity index (χ2n) is 8.07. The summed E-state index contributed by atoms with van der Waals surface area (Å²) in [5.41, 5.74) is 0.0908. The molecule has 0 aliphatic carbocycles. The highest BCUT2D eigenvalue weighted by atomic mass is 32.2. The number of aliphatic imine (C=N–C) groups is 1. The van der Waals surface area contributed by atoms with Gasteiger partial charge in [-0.1, -0.05) is 39.0 Å². The van der Waals surface area contributed by atoms with Gasteiger partial charge in [-0.05, 0) is 30.4 Å². The Kier molecular flexibility index (Phi) is 7.68. The fraction of sp³-hybridized carbons (Fsp3) is 0.650. The molecule has 2 unspecified atom stereocenters. The van der Waals surface area contributed by atoms with Gasteiger partial charge in [-0.3, -0.25) is 4.99 Å². The minimum atomic E-state index is -3.29. The maximum atomic E-state index is 12.3. The van der Waals surface area contributed by atoms with Crippen LogP contribution in [0.1, 0.15) is 33.6 Å². The third kappa shape index (κ3) is 6.50. The fourth-order valence-corrected chi connectivity index (χ4v) is 4.69. The van der Waals surface area contributed by atoms with Gasteiger partial charge in [0.05, 0.1) is 16.8 Å². The van der Waals surface area contributed by atoms with Crippen molar-refractivity contribution in [1.82, 2.24) is 10.6 Å². The molecular formula is C20H33N3O3S. The summed E-state index contributed by atoms with van der Waals surface area (Å²) in [6, 6.07) is 8.52. The van der Waals surface area contributed by atoms with Gasteiger partial charge in [-0.2, -0.15) is 0 Å². The van der Waals surface area contributed by atoms with Crippen LogP contribution in [0.5, 0.6) is 0 Å². The van der Waals surface area contributed by atoms with Crippen LogP contribution in [-0.4, -0.2) is 53.0 Å². The highest BCUT2D eigenvalue weighted by Gasteiger charge is 2.35. The summed E-state index contributed by atoms with van der Waals surface area (Å²) in [7, 11) is -1.60. The molecule has 2 N–H and O–H groups in total. The van der Waals surface area contributed by atoms with E-state index in [1.54, 1.807) is 31.3 Å². The first kappa shape index (κ1) is 21.7. The number of hydrogen-bond acceptors (Lipinski definition) is 4. The summed E-state index contributed by atoms with van der Waals surface area (Å²) >= 11 is 0. The number of sulfone groups is 1. The number of ether oxygens (including phenoxy) is 1. The zero-order valence-electron chi connectivity index (χ0n) is 16.9. The summed E-state index contributed by atoms with van der Waals surface area (Å²) in [6.45, 7) is 8.50. The van der Waals surface area contributed by atoms with Crippen LogP contribution in [0.3, 0.4) is 0 Å². The molecule has 1 heterocycles. The summed E-state index contributed by atoms with van der Waals surface area (Å²) in [6.07, 6.45) is 2.39. The van der Waals surface area contributed by atoms with Gasteiger partial charge in [0.15, 0.2) is 15.8 Å². The van der Waals surface area contributed by atoms with E-state index in [1.807, 2.05) is 6.07 Å². The van der Waals surface area contributed by atoms with E-state index in [0.29, 0.717) is 23.3 Å². The van der Waals surface area contributed by atoms with Crippen molar-refractivity contribution in [1.29, 1.82) is 0 Å². The SMILES string of the molecule is CN=C(NCCS(=O)(=O)c1ccccc1)NCC1CCCOC1C(C)(C)C. The number of rotatable bonds is 6. The molecule has 1 aromatic rings. The minimum Gasteiger partial charge on any atom is -0.377 e. The Bertz CT molecular complexity index is 712. The molecule has 0 spiro atoms. The molecule has 0 saturated carbocycles. The Labute approximate surface area is 163 Å². The molecule has 0 bridgehead atoms. The van der Waals surface area contributed by atoms with Crippen LogP contribution in [0.15, 0.2) is 40.2 Å². The smallest absolute Gasteiger partial charge is 0.191 e. The second-order valence-corrected chi connectivity index (χ2v) is 10.2. The molecule has 1 aliphatic rings. The lowest BCUT2D eigenvalue weighted by atomic mass is 9.78. The van der Waals surface area contributed by atoms with Crippen molar-refractivity contribution in [2.75, 3.05) is 32.5 Å². The minimum absolute atomic E-state index is 0.0227. The van der Waals surface area contributed by atoms with Crippen LogP contribution >= 0.6 is 0 Å². The van der Waals surface area contributed by atoms with E-state index in [9.17, 15) is 8.42 Å². The quantitative estimate of drug-likeness (QED) is 0.571. The lowest BCUT2D eigenvalue weighted by Gasteiger charge is -2.40. The van der Waals surface area contributed by atoms with Crippen LogP contribution in [0.4, 0.5) is 0 Å². The molecule has 0 aromatic heterocycles. The summed E-state index contributed by atoms with van der Waals surface area (Å²) < 4.78 is 30.7. The number of nitrogens with one attached hydrogen (secondary N) is 2. The van der Waals surface area contributed by atoms with Crippen LogP contribution in [0, 0.1) is 11.3 Å². The van der Waals surface area contributed by atoms with Gasteiger partial charge in [0.1, 0.15) is 0 Å². The zero-order valence-corrected chi connectivity index (χ0v) is 17.7. The molecule has 1 aliphatic heterocycles. The maximum Gasteiger partial charge on any atom is 0.191 e. The summed E-state index contributed by atoms with van der Waals surface area (Å²) in [4.78, 5) is 4.56. The molecule has 6 nitrogen and oxygen atoms in total. The molecule has 152 valence electrons. The van der Waals surface area contributed by atoms with Gasteiger partial charge >= 0.3 is 0 Å². The monoisotopic (exact) mass is 395 g/mol. The number of benzene rings is 1. The van der Waals surface area contributed by atoms with E-state index in [0.717, 1.165) is 26.0 Å². The van der Waals surface area contributed by atoms with E-state index < -0.39 is 9.84 Å². The van der Waals surface area contributed by atoms with Crippen molar-refractivity contribution in [2.24, 2.45) is 16.3 Å². The Morgan fingerprint density at radius 3 is 2.56 bits per heavy atom. The van der Waals surface area contributed by atoms with E-state index in [2.05, 4.69) is 36.4 Å². The molecule has 7 heteroatoms. The molecule has 27 heavy (non-hydrogen) atoms. The van der Waals surface area contributed by atoms with Crippen molar-refractivity contribution in [3.8, 4) is 0 Å². The predicted molar refractivity (Wildman–Crippen MR) is 110 cm³/mol. The molecule has 0 radical (unpaired) electrons. The Morgan fingerprint density at radius 1 is 1.22 bits per heavy atom. The molecule has 1 fully saturated rings. The zero-order chi connectivity index (χ0) is 19.9. The fourth-order valence-electron chi connectivity index (χ4n) is 3.51. The van der Waals surface area contributed by atoms with Gasteiger partial charge in [0.2, 0.25) is 0 Å². The largest absolute Gasteiger partial charge is 0.377 e. The molecule has 2 rings (SSSR count). The third-order valence-electron chi connectivity index (χ3n) is 4.82. The third-order valence-corrected chi connectivity index (χ3v) is 6.55. The maximum absolute atomic E-state index is 12.3. The van der Waals surface area contributed by atoms with Crippen molar-refractivity contribution in [3.63, 3.8) is 0 Å². The number of nitrogens with zero attached hydrogens (tertiary/aromatic N) is 1. The molecular weight excluding hydrogens is 362 g/mol. The standard InChI is InChI=1S/C20H33N3O3S/c1-20(2,3)18-16(9-8-13-26-18)15-23-19(21-4)22-12-14-27(24,25)17-10-6-5-7-11-17/h5-7,10-11,16,18H,8-9,12-15H2,1-4H3,(H2,21,22,23). The first-order valence-corrected chi connectivity index (χ1v) is 11.2. The predicted octanol–water partition coefficient (Wildman–Crippen LogP) is 2.47. The van der Waals surface area contributed by atoms with Crippen LogP contribution in [-0.2, 0) is 14.6 Å². The van der Waals surface area contributed by atoms with Gasteiger partial charge in [-0.25, -0.2) is 8.42 Å². The molecule has 0 amide bonds. The topological polar surface area (TPSA) is 79.8 Å². The summed E-state index contributed by atoms with van der Waals surface area (Å²) in [5, 5.41) is 6.44. The molecule has 1 aromatic carbocycles. The van der Waals surface area contributed by atoms with Crippen LogP contribution in [0.25, 0.3) is 0 Å². The van der Waals surface area contributed by atoms with Crippen molar-refractivity contribution < 1.29 is 13.2 Å². The van der Waals surface area contributed by atoms with E-state index >= 15 is 0 Å². The van der Waals surface area contributed by atoms with E-state index in [4.69, 9.17) is 4.74 Å². The second kappa shape index (κ2) is 9.55. The van der Waals surface area contributed by atoms with Crippen molar-refractivity contribution in [2.45, 2.75) is 44.6 Å². The van der Waals surface area contributed by atoms with Gasteiger partial charge in [0, 0.05) is 32.7 Å². The first-order valence-electron chi connectivity index (χ1n) is 9.58. The van der Waals surface area contributed by atoms with Crippen molar-refractivity contribution in [3.05, 3.63) is 30.3 Å². The normalized spacial score (nSPS) is 21.7. The lowest BCUT2D eigenvalue weighted by molar-refractivity contribution is -0.0835. The molecule has 2 atom stereocenters. The van der Waals surface area contributed by atoms with E-state index in [-0.39, 0.29) is 17.3 Å². The first-order chi connectivity index (χ1) is 12.7. The van der Waals surface area contributed by atoms with Crippen molar-refractivity contribution >= 4 is 15.8 Å².